The summed E-state index contributed by atoms with van der Waals surface area (Å²) in [5.74, 6) is -1.63. The van der Waals surface area contributed by atoms with Crippen LogP contribution in [0.3, 0.4) is 0 Å². The van der Waals surface area contributed by atoms with Crippen molar-refractivity contribution in [1.82, 2.24) is 0 Å². The van der Waals surface area contributed by atoms with E-state index < -0.39 is 11.9 Å². The number of hydrogen-bond acceptors (Lipinski definition) is 10. The fourth-order valence-corrected chi connectivity index (χ4v) is 1.98. The number of carbonyl (C=O) groups excluding carboxylic acids is 4. The number of unbranched alkanes of at least 4 members (excludes halogenated alkanes) is 3. The fraction of sp³-hybridized carbons (Fsp3) is 0.538. The van der Waals surface area contributed by atoms with E-state index in [0.29, 0.717) is 50.8 Å². The van der Waals surface area contributed by atoms with Gasteiger partial charge < -0.3 is 28.4 Å². The van der Waals surface area contributed by atoms with Gasteiger partial charge in [0.2, 0.25) is 0 Å². The van der Waals surface area contributed by atoms with Crippen molar-refractivity contribution in [1.29, 1.82) is 0 Å². The van der Waals surface area contributed by atoms with Crippen LogP contribution in [-0.2, 0) is 47.6 Å². The zero-order valence-electron chi connectivity index (χ0n) is 21.6. The van der Waals surface area contributed by atoms with Gasteiger partial charge in [0.1, 0.15) is 13.2 Å². The van der Waals surface area contributed by atoms with E-state index >= 15 is 0 Å². The summed E-state index contributed by atoms with van der Waals surface area (Å²) in [4.78, 5) is 43.3. The molecule has 36 heavy (non-hydrogen) atoms. The lowest BCUT2D eigenvalue weighted by molar-refractivity contribution is -0.142. The van der Waals surface area contributed by atoms with Crippen LogP contribution in [0.25, 0.3) is 0 Å². The molecule has 0 bridgehead atoms. The molecule has 0 N–H and O–H groups in total. The van der Waals surface area contributed by atoms with E-state index in [0.717, 1.165) is 37.8 Å². The van der Waals surface area contributed by atoms with Gasteiger partial charge in [-0.05, 0) is 39.5 Å². The average Bonchev–Trinajstić information content (AvgIpc) is 2.86. The predicted octanol–water partition coefficient (Wildman–Crippen LogP) is 3.26. The first-order valence-corrected chi connectivity index (χ1v) is 11.5. The largest absolute Gasteiger partial charge is 0.463 e. The van der Waals surface area contributed by atoms with Gasteiger partial charge in [-0.15, -0.1) is 0 Å². The number of rotatable bonds is 20. The second-order valence-corrected chi connectivity index (χ2v) is 7.21. The molecule has 0 spiro atoms. The first-order valence-electron chi connectivity index (χ1n) is 11.5. The molecule has 0 radical (unpaired) electrons. The van der Waals surface area contributed by atoms with Crippen LogP contribution in [0.1, 0.15) is 39.5 Å². The van der Waals surface area contributed by atoms with Crippen molar-refractivity contribution in [2.45, 2.75) is 39.5 Å². The molecule has 0 saturated carbocycles. The van der Waals surface area contributed by atoms with E-state index in [1.807, 2.05) is 0 Å². The second-order valence-electron chi connectivity index (χ2n) is 7.21. The lowest BCUT2D eigenvalue weighted by atomic mass is 10.2. The molecule has 0 fully saturated rings. The van der Waals surface area contributed by atoms with Crippen LogP contribution in [-0.4, -0.2) is 76.7 Å². The molecule has 0 heterocycles. The van der Waals surface area contributed by atoms with E-state index in [4.69, 9.17) is 28.4 Å². The smallest absolute Gasteiger partial charge is 0.333 e. The molecule has 0 aromatic rings. The summed E-state index contributed by atoms with van der Waals surface area (Å²) in [7, 11) is 0. The molecule has 10 nitrogen and oxygen atoms in total. The van der Waals surface area contributed by atoms with Gasteiger partial charge in [-0.25, -0.2) is 19.2 Å². The predicted molar refractivity (Wildman–Crippen MR) is 134 cm³/mol. The van der Waals surface area contributed by atoms with Crippen molar-refractivity contribution < 1.29 is 47.6 Å². The van der Waals surface area contributed by atoms with Crippen molar-refractivity contribution in [2.24, 2.45) is 0 Å². The SMILES string of the molecule is C=C(C)C(=O)OCCOCCOCCOC(=O)C(=C)C.C=CC(=O)OCCCCCCOC(=O)C=C. The highest BCUT2D eigenvalue weighted by Gasteiger charge is 2.03. The van der Waals surface area contributed by atoms with Crippen molar-refractivity contribution in [2.75, 3.05) is 52.9 Å². The van der Waals surface area contributed by atoms with E-state index in [1.54, 1.807) is 13.8 Å². The Kier molecular flexibility index (Phi) is 24.1. The van der Waals surface area contributed by atoms with E-state index in [2.05, 4.69) is 26.3 Å². The summed E-state index contributed by atoms with van der Waals surface area (Å²) >= 11 is 0. The maximum Gasteiger partial charge on any atom is 0.333 e. The van der Waals surface area contributed by atoms with Crippen molar-refractivity contribution in [3.8, 4) is 0 Å². The number of esters is 4. The summed E-state index contributed by atoms with van der Waals surface area (Å²) in [6, 6.07) is 0. The van der Waals surface area contributed by atoms with Gasteiger partial charge >= 0.3 is 23.9 Å². The van der Waals surface area contributed by atoms with Crippen molar-refractivity contribution >= 4 is 23.9 Å². The number of hydrogen-bond donors (Lipinski definition) is 0. The van der Waals surface area contributed by atoms with Gasteiger partial charge in [0.05, 0.1) is 39.6 Å². The van der Waals surface area contributed by atoms with Gasteiger partial charge in [0.15, 0.2) is 0 Å². The Labute approximate surface area is 213 Å². The average molecular weight is 513 g/mol. The van der Waals surface area contributed by atoms with E-state index in [9.17, 15) is 19.2 Å². The molecule has 0 rings (SSSR count). The fourth-order valence-electron chi connectivity index (χ4n) is 1.98. The molecular formula is C26H40O10. The maximum atomic E-state index is 11.0. The molecule has 0 unspecified atom stereocenters. The van der Waals surface area contributed by atoms with Gasteiger partial charge in [0.25, 0.3) is 0 Å². The summed E-state index contributed by atoms with van der Waals surface area (Å²) in [5, 5.41) is 0. The normalized spacial score (nSPS) is 9.61. The third-order valence-electron chi connectivity index (χ3n) is 3.85. The molecule has 0 aliphatic rings. The molecule has 0 aromatic heterocycles. The molecular weight excluding hydrogens is 472 g/mol. The highest BCUT2D eigenvalue weighted by Crippen LogP contribution is 2.01. The van der Waals surface area contributed by atoms with Crippen molar-refractivity contribution in [3.05, 3.63) is 49.6 Å². The summed E-state index contributed by atoms with van der Waals surface area (Å²) < 4.78 is 29.6. The van der Waals surface area contributed by atoms with Crippen LogP contribution in [0.2, 0.25) is 0 Å². The molecule has 0 atom stereocenters. The zero-order chi connectivity index (χ0) is 27.6. The number of carbonyl (C=O) groups is 4. The third kappa shape index (κ3) is 25.4. The molecule has 10 heteroatoms. The molecule has 0 aliphatic carbocycles. The van der Waals surface area contributed by atoms with Crippen LogP contribution in [0, 0.1) is 0 Å². The van der Waals surface area contributed by atoms with Gasteiger partial charge in [-0.2, -0.15) is 0 Å². The lowest BCUT2D eigenvalue weighted by Gasteiger charge is -2.07. The van der Waals surface area contributed by atoms with Gasteiger partial charge in [-0.3, -0.25) is 0 Å². The first kappa shape index (κ1) is 34.9. The summed E-state index contributed by atoms with van der Waals surface area (Å²) in [6.07, 6.45) is 5.81. The van der Waals surface area contributed by atoms with Crippen LogP contribution >= 0.6 is 0 Å². The lowest BCUT2D eigenvalue weighted by Crippen LogP contribution is -2.15. The highest BCUT2D eigenvalue weighted by atomic mass is 16.6. The van der Waals surface area contributed by atoms with Crippen LogP contribution in [0.4, 0.5) is 0 Å². The molecule has 0 aromatic carbocycles. The standard InChI is InChI=1S/C14H22O6.C12H18O4/c1-11(2)13(15)19-9-7-17-5-6-18-8-10-20-14(16)12(3)4;1-3-11(13)15-9-7-5-6-8-10-16-12(14)4-2/h1,3,5-10H2,2,4H3;3-4H,1-2,5-10H2. The Bertz CT molecular complexity index is 652. The highest BCUT2D eigenvalue weighted by molar-refractivity contribution is 5.87. The minimum Gasteiger partial charge on any atom is -0.463 e. The van der Waals surface area contributed by atoms with Gasteiger partial charge in [0, 0.05) is 23.3 Å². The Balaban J connectivity index is 0. The molecule has 204 valence electrons. The molecule has 0 amide bonds. The minimum absolute atomic E-state index is 0.182. The zero-order valence-corrected chi connectivity index (χ0v) is 21.6. The Hall–Kier alpha value is -3.24. The van der Waals surface area contributed by atoms with E-state index in [1.165, 1.54) is 0 Å². The molecule has 0 saturated heterocycles. The third-order valence-corrected chi connectivity index (χ3v) is 3.85. The first-order chi connectivity index (χ1) is 17.1. The quantitative estimate of drug-likeness (QED) is 0.104. The van der Waals surface area contributed by atoms with Crippen LogP contribution in [0.15, 0.2) is 49.6 Å². The Morgan fingerprint density at radius 2 is 0.861 bits per heavy atom. The summed E-state index contributed by atoms with van der Waals surface area (Å²) in [5.41, 5.74) is 0.718. The second kappa shape index (κ2) is 24.9. The van der Waals surface area contributed by atoms with Crippen LogP contribution in [0.5, 0.6) is 0 Å². The van der Waals surface area contributed by atoms with Crippen LogP contribution < -0.4 is 0 Å². The number of ether oxygens (including phenoxy) is 6. The van der Waals surface area contributed by atoms with Gasteiger partial charge in [-0.1, -0.05) is 26.3 Å². The summed E-state index contributed by atoms with van der Waals surface area (Å²) in [6.45, 7) is 19.2. The molecule has 0 aliphatic heterocycles. The monoisotopic (exact) mass is 512 g/mol. The Morgan fingerprint density at radius 3 is 1.17 bits per heavy atom. The van der Waals surface area contributed by atoms with E-state index in [-0.39, 0.29) is 25.2 Å². The Morgan fingerprint density at radius 1 is 0.528 bits per heavy atom. The topological polar surface area (TPSA) is 124 Å². The minimum atomic E-state index is -0.427. The maximum absolute atomic E-state index is 11.0. The van der Waals surface area contributed by atoms with Crippen molar-refractivity contribution in [3.63, 3.8) is 0 Å².